The molecule has 1 aromatic heterocycles. The summed E-state index contributed by atoms with van der Waals surface area (Å²) in [6.45, 7) is 4.16. The van der Waals surface area contributed by atoms with Gasteiger partial charge in [0.2, 0.25) is 5.91 Å². The first-order chi connectivity index (χ1) is 7.62. The van der Waals surface area contributed by atoms with Crippen molar-refractivity contribution in [1.29, 1.82) is 0 Å². The first-order valence-electron chi connectivity index (χ1n) is 5.42. The molecule has 16 heavy (non-hydrogen) atoms. The molecule has 1 fully saturated rings. The predicted octanol–water partition coefficient (Wildman–Crippen LogP) is -0.237. The molecule has 1 amide bonds. The molecule has 1 aliphatic heterocycles. The molecule has 0 spiro atoms. The summed E-state index contributed by atoms with van der Waals surface area (Å²) in [5, 5.41) is 9.74. The summed E-state index contributed by atoms with van der Waals surface area (Å²) in [4.78, 5) is 17.9. The van der Waals surface area contributed by atoms with Crippen molar-refractivity contribution in [2.45, 2.75) is 19.9 Å². The monoisotopic (exact) mass is 223 g/mol. The minimum atomic E-state index is -0.269. The first-order valence-corrected chi connectivity index (χ1v) is 5.42. The highest BCUT2D eigenvalue weighted by Crippen LogP contribution is 2.26. The Hall–Kier alpha value is -1.43. The third kappa shape index (κ3) is 2.06. The van der Waals surface area contributed by atoms with Crippen molar-refractivity contribution in [1.82, 2.24) is 25.4 Å². The van der Waals surface area contributed by atoms with Crippen molar-refractivity contribution in [3.05, 3.63) is 12.2 Å². The van der Waals surface area contributed by atoms with Crippen LogP contribution in [-0.4, -0.2) is 46.1 Å². The molecule has 1 atom stereocenters. The molecule has 0 bridgehead atoms. The Morgan fingerprint density at radius 1 is 1.69 bits per heavy atom. The molecule has 0 saturated carbocycles. The summed E-state index contributed by atoms with van der Waals surface area (Å²) >= 11 is 0. The van der Waals surface area contributed by atoms with Crippen molar-refractivity contribution in [2.24, 2.45) is 5.41 Å². The van der Waals surface area contributed by atoms with Crippen molar-refractivity contribution < 1.29 is 4.79 Å². The van der Waals surface area contributed by atoms with Crippen LogP contribution < -0.4 is 5.32 Å². The lowest BCUT2D eigenvalue weighted by Gasteiger charge is -2.27. The standard InChI is InChI=1S/C10H17N5O/c1-10(3-4-11-6-10)9(16)15(2)5-8-12-7-13-14-8/h7,11H,3-6H2,1-2H3,(H,12,13,14). The van der Waals surface area contributed by atoms with Crippen LogP contribution in [0.2, 0.25) is 0 Å². The fourth-order valence-corrected chi connectivity index (χ4v) is 2.06. The number of aromatic nitrogens is 3. The van der Waals surface area contributed by atoms with Crippen molar-refractivity contribution in [2.75, 3.05) is 20.1 Å². The summed E-state index contributed by atoms with van der Waals surface area (Å²) in [7, 11) is 1.80. The average molecular weight is 223 g/mol. The second kappa shape index (κ2) is 4.21. The van der Waals surface area contributed by atoms with E-state index in [1.165, 1.54) is 6.33 Å². The van der Waals surface area contributed by atoms with Crippen LogP contribution in [0.15, 0.2) is 6.33 Å². The third-order valence-electron chi connectivity index (χ3n) is 3.08. The van der Waals surface area contributed by atoms with Gasteiger partial charge >= 0.3 is 0 Å². The van der Waals surface area contributed by atoms with E-state index in [-0.39, 0.29) is 11.3 Å². The van der Waals surface area contributed by atoms with Crippen molar-refractivity contribution in [3.8, 4) is 0 Å². The molecule has 2 heterocycles. The van der Waals surface area contributed by atoms with Gasteiger partial charge in [0.1, 0.15) is 12.2 Å². The van der Waals surface area contributed by atoms with Crippen LogP contribution in [0.25, 0.3) is 0 Å². The Morgan fingerprint density at radius 2 is 2.50 bits per heavy atom. The van der Waals surface area contributed by atoms with Crippen LogP contribution >= 0.6 is 0 Å². The first kappa shape index (κ1) is 11.1. The second-order valence-corrected chi connectivity index (χ2v) is 4.58. The van der Waals surface area contributed by atoms with Gasteiger partial charge in [-0.1, -0.05) is 0 Å². The lowest BCUT2D eigenvalue weighted by Crippen LogP contribution is -2.41. The van der Waals surface area contributed by atoms with Gasteiger partial charge in [0.25, 0.3) is 0 Å². The van der Waals surface area contributed by atoms with Crippen LogP contribution in [0, 0.1) is 5.41 Å². The van der Waals surface area contributed by atoms with Gasteiger partial charge in [-0.15, -0.1) is 0 Å². The molecule has 2 N–H and O–H groups in total. The van der Waals surface area contributed by atoms with Crippen LogP contribution in [0.5, 0.6) is 0 Å². The largest absolute Gasteiger partial charge is 0.338 e. The zero-order chi connectivity index (χ0) is 11.6. The van der Waals surface area contributed by atoms with Crippen LogP contribution in [-0.2, 0) is 11.3 Å². The number of carbonyl (C=O) groups excluding carboxylic acids is 1. The molecule has 0 radical (unpaired) electrons. The molecule has 2 rings (SSSR count). The van der Waals surface area contributed by atoms with Crippen LogP contribution in [0.1, 0.15) is 19.2 Å². The van der Waals surface area contributed by atoms with Crippen molar-refractivity contribution >= 4 is 5.91 Å². The van der Waals surface area contributed by atoms with E-state index in [2.05, 4.69) is 20.5 Å². The fraction of sp³-hybridized carbons (Fsp3) is 0.700. The van der Waals surface area contributed by atoms with Gasteiger partial charge in [-0.05, 0) is 19.9 Å². The Bertz CT molecular complexity index is 355. The van der Waals surface area contributed by atoms with E-state index in [1.807, 2.05) is 6.92 Å². The van der Waals surface area contributed by atoms with E-state index in [4.69, 9.17) is 0 Å². The van der Waals surface area contributed by atoms with Gasteiger partial charge in [-0.2, -0.15) is 5.10 Å². The van der Waals surface area contributed by atoms with E-state index in [1.54, 1.807) is 11.9 Å². The molecule has 88 valence electrons. The SMILES string of the molecule is CN(Cc1ncn[nH]1)C(=O)C1(C)CCNC1. The number of rotatable bonds is 3. The number of aromatic amines is 1. The number of hydrogen-bond donors (Lipinski definition) is 2. The lowest BCUT2D eigenvalue weighted by atomic mass is 9.88. The number of hydrogen-bond acceptors (Lipinski definition) is 4. The summed E-state index contributed by atoms with van der Waals surface area (Å²) in [5.74, 6) is 0.874. The van der Waals surface area contributed by atoms with E-state index < -0.39 is 0 Å². The Balaban J connectivity index is 1.99. The maximum atomic E-state index is 12.2. The Kier molecular flexibility index (Phi) is 2.91. The molecule has 1 aliphatic rings. The second-order valence-electron chi connectivity index (χ2n) is 4.58. The van der Waals surface area contributed by atoms with Gasteiger partial charge in [0.05, 0.1) is 12.0 Å². The molecule has 1 saturated heterocycles. The predicted molar refractivity (Wildman–Crippen MR) is 58.5 cm³/mol. The summed E-state index contributed by atoms with van der Waals surface area (Å²) < 4.78 is 0. The lowest BCUT2D eigenvalue weighted by molar-refractivity contribution is -0.139. The highest BCUT2D eigenvalue weighted by atomic mass is 16.2. The summed E-state index contributed by atoms with van der Waals surface area (Å²) in [5.41, 5.74) is -0.269. The molecule has 0 aliphatic carbocycles. The topological polar surface area (TPSA) is 73.9 Å². The van der Waals surface area contributed by atoms with Gasteiger partial charge in [0.15, 0.2) is 0 Å². The number of carbonyl (C=O) groups is 1. The fourth-order valence-electron chi connectivity index (χ4n) is 2.06. The molecular formula is C10H17N5O. The normalized spacial score (nSPS) is 24.6. The minimum absolute atomic E-state index is 0.161. The number of nitrogens with one attached hydrogen (secondary N) is 2. The minimum Gasteiger partial charge on any atom is -0.338 e. The van der Waals surface area contributed by atoms with Gasteiger partial charge < -0.3 is 10.2 Å². The summed E-state index contributed by atoms with van der Waals surface area (Å²) in [6, 6.07) is 0. The quantitative estimate of drug-likeness (QED) is 0.742. The van der Waals surface area contributed by atoms with Gasteiger partial charge in [0, 0.05) is 13.6 Å². The molecular weight excluding hydrogens is 206 g/mol. The van der Waals surface area contributed by atoms with Gasteiger partial charge in [-0.3, -0.25) is 9.89 Å². The highest BCUT2D eigenvalue weighted by Gasteiger charge is 2.38. The molecule has 1 unspecified atom stereocenters. The van der Waals surface area contributed by atoms with E-state index >= 15 is 0 Å². The molecule has 6 nitrogen and oxygen atoms in total. The third-order valence-corrected chi connectivity index (χ3v) is 3.08. The maximum Gasteiger partial charge on any atom is 0.229 e. The van der Waals surface area contributed by atoms with Crippen LogP contribution in [0.3, 0.4) is 0 Å². The smallest absolute Gasteiger partial charge is 0.229 e. The highest BCUT2D eigenvalue weighted by molar-refractivity contribution is 5.82. The van der Waals surface area contributed by atoms with E-state index in [9.17, 15) is 4.79 Å². The van der Waals surface area contributed by atoms with Crippen molar-refractivity contribution in [3.63, 3.8) is 0 Å². The number of nitrogens with zero attached hydrogens (tertiary/aromatic N) is 3. The number of amides is 1. The Labute approximate surface area is 94.4 Å². The number of H-pyrrole nitrogens is 1. The average Bonchev–Trinajstić information content (AvgIpc) is 2.89. The molecule has 0 aromatic carbocycles. The van der Waals surface area contributed by atoms with Crippen LogP contribution in [0.4, 0.5) is 0 Å². The zero-order valence-electron chi connectivity index (χ0n) is 9.66. The zero-order valence-corrected chi connectivity index (χ0v) is 9.66. The molecule has 1 aromatic rings. The van der Waals surface area contributed by atoms with E-state index in [0.717, 1.165) is 19.5 Å². The van der Waals surface area contributed by atoms with Gasteiger partial charge in [-0.25, -0.2) is 4.98 Å². The summed E-state index contributed by atoms with van der Waals surface area (Å²) in [6.07, 6.45) is 2.35. The Morgan fingerprint density at radius 3 is 3.06 bits per heavy atom. The maximum absolute atomic E-state index is 12.2. The van der Waals surface area contributed by atoms with E-state index in [0.29, 0.717) is 12.4 Å². The molecule has 6 heteroatoms.